The van der Waals surface area contributed by atoms with Crippen LogP contribution in [0.3, 0.4) is 0 Å². The van der Waals surface area contributed by atoms with Crippen LogP contribution in [0.15, 0.2) is 72.9 Å². The third-order valence-corrected chi connectivity index (χ3v) is 11.9. The molecule has 3 aromatic carbocycles. The van der Waals surface area contributed by atoms with Crippen molar-refractivity contribution < 1.29 is 28.6 Å². The van der Waals surface area contributed by atoms with Gasteiger partial charge in [0.1, 0.15) is 5.82 Å². The van der Waals surface area contributed by atoms with Gasteiger partial charge in [0.2, 0.25) is 24.2 Å². The molecule has 3 unspecified atom stereocenters. The smallest absolute Gasteiger partial charge is 0.228 e. The summed E-state index contributed by atoms with van der Waals surface area (Å²) in [5, 5.41) is 7.00. The van der Waals surface area contributed by atoms with Crippen LogP contribution in [-0.4, -0.2) is 90.8 Å². The van der Waals surface area contributed by atoms with Gasteiger partial charge in [0.15, 0.2) is 0 Å². The molecule has 5 aliphatic rings. The first-order valence-electron chi connectivity index (χ1n) is 21.1. The van der Waals surface area contributed by atoms with Crippen LogP contribution in [0.5, 0.6) is 0 Å². The van der Waals surface area contributed by atoms with Crippen LogP contribution in [0.4, 0.5) is 23.1 Å². The van der Waals surface area contributed by atoms with Gasteiger partial charge in [-0.25, -0.2) is 4.98 Å². The quantitative estimate of drug-likeness (QED) is 0.146. The van der Waals surface area contributed by atoms with Crippen molar-refractivity contribution in [2.75, 3.05) is 74.0 Å². The van der Waals surface area contributed by atoms with E-state index in [0.717, 1.165) is 104 Å². The Morgan fingerprint density at radius 3 is 2.13 bits per heavy atom. The molecular weight excluding hydrogens is 761 g/mol. The van der Waals surface area contributed by atoms with E-state index >= 15 is 0 Å². The van der Waals surface area contributed by atoms with Gasteiger partial charge in [-0.2, -0.15) is 4.98 Å². The zero-order valence-corrected chi connectivity index (χ0v) is 34.2. The Morgan fingerprint density at radius 1 is 0.733 bits per heavy atom. The number of benzene rings is 3. The van der Waals surface area contributed by atoms with Crippen molar-refractivity contribution in [3.8, 4) is 0 Å². The fraction of sp³-hybridized carbons (Fsp3) is 0.413. The first-order valence-corrected chi connectivity index (χ1v) is 21.1. The maximum absolute atomic E-state index is 11.9. The van der Waals surface area contributed by atoms with Gasteiger partial charge in [0, 0.05) is 79.1 Å². The molecule has 14 heteroatoms. The molecule has 60 heavy (non-hydrogen) atoms. The van der Waals surface area contributed by atoms with Crippen molar-refractivity contribution in [2.24, 2.45) is 0 Å². The summed E-state index contributed by atoms with van der Waals surface area (Å²) in [6, 6.07) is 22.3. The van der Waals surface area contributed by atoms with Gasteiger partial charge >= 0.3 is 0 Å². The first-order chi connectivity index (χ1) is 29.4. The number of H-pyrrole nitrogens is 1. The maximum Gasteiger partial charge on any atom is 0.228 e. The van der Waals surface area contributed by atoms with Gasteiger partial charge in [0.25, 0.3) is 0 Å². The number of nitrogens with two attached hydrogens (primary N) is 1. The van der Waals surface area contributed by atoms with E-state index in [1.165, 1.54) is 29.4 Å². The lowest BCUT2D eigenvalue weighted by Gasteiger charge is -2.32. The Balaban J connectivity index is 0.000000128. The number of hydrogen-bond acceptors (Lipinski definition) is 10. The van der Waals surface area contributed by atoms with Gasteiger partial charge in [-0.05, 0) is 84.7 Å². The number of anilines is 4. The molecule has 3 saturated heterocycles. The number of aryl methyl sites for hydroxylation is 1. The Labute approximate surface area is 350 Å². The van der Waals surface area contributed by atoms with Crippen molar-refractivity contribution >= 4 is 52.3 Å². The highest BCUT2D eigenvalue weighted by Gasteiger charge is 2.31. The topological polar surface area (TPSA) is 177 Å². The highest BCUT2D eigenvalue weighted by molar-refractivity contribution is 6.00. The number of carbonyl (C=O) groups is 3. The van der Waals surface area contributed by atoms with Gasteiger partial charge < -0.3 is 45.4 Å². The van der Waals surface area contributed by atoms with E-state index in [0.29, 0.717) is 38.6 Å². The minimum atomic E-state index is -0.0150. The summed E-state index contributed by atoms with van der Waals surface area (Å²) >= 11 is 0. The number of aromatic amines is 1. The number of hydrogen-bond donors (Lipinski definition) is 4. The zero-order chi connectivity index (χ0) is 41.4. The molecular formula is C46H54N8O6. The zero-order valence-electron chi connectivity index (χ0n) is 34.2. The summed E-state index contributed by atoms with van der Waals surface area (Å²) in [7, 11) is 0. The van der Waals surface area contributed by atoms with Gasteiger partial charge in [-0.15, -0.1) is 0 Å². The number of nitrogens with zero attached hydrogens (tertiary/aromatic N) is 4. The number of rotatable bonds is 5. The second kappa shape index (κ2) is 19.0. The second-order valence-electron chi connectivity index (χ2n) is 15.9. The van der Waals surface area contributed by atoms with E-state index in [1.54, 1.807) is 0 Å². The lowest BCUT2D eigenvalue weighted by molar-refractivity contribution is -0.120. The van der Waals surface area contributed by atoms with E-state index in [9.17, 15) is 14.4 Å². The first kappa shape index (κ1) is 40.9. The van der Waals surface area contributed by atoms with Crippen LogP contribution in [0, 0.1) is 6.92 Å². The average Bonchev–Trinajstić information content (AvgIpc) is 3.77. The summed E-state index contributed by atoms with van der Waals surface area (Å²) in [5.41, 5.74) is 15.5. The minimum absolute atomic E-state index is 0.0150. The molecule has 5 N–H and O–H groups in total. The molecule has 14 nitrogen and oxygen atoms in total. The molecule has 10 rings (SSSR count). The molecule has 3 atom stereocenters. The lowest BCUT2D eigenvalue weighted by atomic mass is 9.90. The Bertz CT molecular complexity index is 2290. The fourth-order valence-corrected chi connectivity index (χ4v) is 9.01. The van der Waals surface area contributed by atoms with E-state index in [-0.39, 0.29) is 29.8 Å². The summed E-state index contributed by atoms with van der Waals surface area (Å²) in [4.78, 5) is 50.4. The molecule has 0 saturated carbocycles. The number of fused-ring (bicyclic) bond motifs is 3. The Morgan fingerprint density at radius 2 is 1.38 bits per heavy atom. The summed E-state index contributed by atoms with van der Waals surface area (Å²) in [6.45, 7) is 7.71. The summed E-state index contributed by atoms with van der Waals surface area (Å²) in [5.74, 6) is 1.68. The fourth-order valence-electron chi connectivity index (χ4n) is 9.01. The third-order valence-electron chi connectivity index (χ3n) is 11.9. The van der Waals surface area contributed by atoms with Crippen LogP contribution in [0.25, 0.3) is 10.9 Å². The molecule has 0 aliphatic carbocycles. The van der Waals surface area contributed by atoms with Crippen molar-refractivity contribution in [1.82, 2.24) is 19.9 Å². The highest BCUT2D eigenvalue weighted by atomic mass is 16.5. The normalized spacial score (nSPS) is 21.4. The van der Waals surface area contributed by atoms with E-state index < -0.39 is 0 Å². The van der Waals surface area contributed by atoms with Gasteiger partial charge in [-0.1, -0.05) is 42.8 Å². The van der Waals surface area contributed by atoms with Gasteiger partial charge in [-0.3, -0.25) is 14.4 Å². The molecule has 0 bridgehead atoms. The monoisotopic (exact) mass is 814 g/mol. The SMILES string of the molecule is Cc1cc(N2CCCOCC2c2cccc3c2CC(=O)N3)nc(N)n1.O=C1Cc2c(cccc2C2CCCCOC2)N1.O=CN1CCCOCC1c1cccc2[nH]ccc12. The minimum Gasteiger partial charge on any atom is -0.381 e. The summed E-state index contributed by atoms with van der Waals surface area (Å²) < 4.78 is 17.1. The molecule has 3 fully saturated rings. The van der Waals surface area contributed by atoms with Crippen molar-refractivity contribution in [3.05, 3.63) is 106 Å². The molecule has 7 heterocycles. The number of nitrogen functional groups attached to an aromatic ring is 1. The van der Waals surface area contributed by atoms with E-state index in [1.807, 2.05) is 60.5 Å². The molecule has 0 spiro atoms. The Hall–Kier alpha value is -5.83. The number of ether oxygens (including phenoxy) is 3. The average molecular weight is 815 g/mol. The van der Waals surface area contributed by atoms with Crippen LogP contribution >= 0.6 is 0 Å². The molecule has 3 amide bonds. The van der Waals surface area contributed by atoms with Crippen LogP contribution in [0.1, 0.15) is 83.6 Å². The Kier molecular flexibility index (Phi) is 13.0. The lowest BCUT2D eigenvalue weighted by Crippen LogP contribution is -2.32. The van der Waals surface area contributed by atoms with Crippen LogP contribution in [0.2, 0.25) is 0 Å². The molecule has 5 aromatic rings. The van der Waals surface area contributed by atoms with Crippen LogP contribution in [-0.2, 0) is 41.4 Å². The second-order valence-corrected chi connectivity index (χ2v) is 15.9. The summed E-state index contributed by atoms with van der Waals surface area (Å²) in [6.07, 6.45) is 9.15. The van der Waals surface area contributed by atoms with Crippen molar-refractivity contribution in [3.63, 3.8) is 0 Å². The highest BCUT2D eigenvalue weighted by Crippen LogP contribution is 2.37. The molecule has 314 valence electrons. The number of nitrogens with one attached hydrogen (secondary N) is 3. The predicted octanol–water partition coefficient (Wildman–Crippen LogP) is 6.38. The van der Waals surface area contributed by atoms with Gasteiger partial charge in [0.05, 0.1) is 44.7 Å². The number of carbonyl (C=O) groups excluding carboxylic acids is 3. The van der Waals surface area contributed by atoms with Crippen molar-refractivity contribution in [2.45, 2.75) is 69.9 Å². The number of aromatic nitrogens is 3. The standard InChI is InChI=1S/C18H21N5O2.C14H16N2O2.C14H17NO2/c1-11-8-16(22-18(19)20-11)23-6-3-7-25-10-15(23)12-4-2-5-14-13(12)9-17(24)21-14;17-10-16-7-2-8-18-9-14(16)12-3-1-4-13-11(12)5-6-15-13;16-14-8-12-11(5-3-6-13(12)15-14)10-4-1-2-7-17-9-10/h2,4-5,8,15H,3,6-7,9-10H2,1H3,(H,21,24)(H2,19,20,22);1,3-6,10,14-15H,2,7-9H2;3,5-6,10H,1-2,4,7-9H2,(H,15,16). The number of amides is 3. The predicted molar refractivity (Wildman–Crippen MR) is 231 cm³/mol. The third kappa shape index (κ3) is 9.30. The van der Waals surface area contributed by atoms with Crippen LogP contribution < -0.4 is 21.3 Å². The van der Waals surface area contributed by atoms with E-state index in [4.69, 9.17) is 19.9 Å². The molecule has 0 radical (unpaired) electrons. The van der Waals surface area contributed by atoms with E-state index in [2.05, 4.69) is 54.8 Å². The molecule has 2 aromatic heterocycles. The maximum atomic E-state index is 11.9. The largest absolute Gasteiger partial charge is 0.381 e. The van der Waals surface area contributed by atoms with Crippen molar-refractivity contribution in [1.29, 1.82) is 0 Å². The molecule has 5 aliphatic heterocycles.